The lowest BCUT2D eigenvalue weighted by Crippen LogP contribution is -2.20. The molecule has 0 saturated heterocycles. The molecule has 0 amide bonds. The van der Waals surface area contributed by atoms with Gasteiger partial charge in [-0.05, 0) is 31.5 Å². The summed E-state index contributed by atoms with van der Waals surface area (Å²) in [6.45, 7) is 4.34. The number of rotatable bonds is 5. The predicted molar refractivity (Wildman–Crippen MR) is 69.2 cm³/mol. The van der Waals surface area contributed by atoms with Crippen LogP contribution in [0.1, 0.15) is 12.5 Å². The molecule has 1 atom stereocenters. The summed E-state index contributed by atoms with van der Waals surface area (Å²) >= 11 is 0. The van der Waals surface area contributed by atoms with Crippen LogP contribution in [0.2, 0.25) is 0 Å². The molecule has 0 aliphatic carbocycles. The number of sulfone groups is 1. The zero-order chi connectivity index (χ0) is 13.1. The Kier molecular flexibility index (Phi) is 4.54. The minimum absolute atomic E-state index is 0.134. The van der Waals surface area contributed by atoms with Crippen molar-refractivity contribution in [2.24, 2.45) is 0 Å². The maximum Gasteiger partial charge on any atom is 0.175 e. The lowest BCUT2D eigenvalue weighted by atomic mass is 10.2. The topological polar surface area (TPSA) is 55.4 Å². The Morgan fingerprint density at radius 1 is 1.41 bits per heavy atom. The van der Waals surface area contributed by atoms with E-state index in [1.807, 2.05) is 13.0 Å². The Bertz CT molecular complexity index is 483. The molecule has 0 aliphatic heterocycles. The van der Waals surface area contributed by atoms with Gasteiger partial charge in [0.1, 0.15) is 0 Å². The smallest absolute Gasteiger partial charge is 0.175 e. The quantitative estimate of drug-likeness (QED) is 0.874. The summed E-state index contributed by atoms with van der Waals surface area (Å²) in [6.07, 6.45) is 1.22. The zero-order valence-electron chi connectivity index (χ0n) is 10.6. The molecule has 5 heteroatoms. The summed E-state index contributed by atoms with van der Waals surface area (Å²) in [5.74, 6) is 0. The summed E-state index contributed by atoms with van der Waals surface area (Å²) in [7, 11) is -1.54. The van der Waals surface area contributed by atoms with E-state index in [4.69, 9.17) is 4.74 Å². The van der Waals surface area contributed by atoms with E-state index in [-0.39, 0.29) is 6.04 Å². The van der Waals surface area contributed by atoms with E-state index in [0.717, 1.165) is 11.3 Å². The number of benzene rings is 1. The summed E-state index contributed by atoms with van der Waals surface area (Å²) < 4.78 is 28.1. The normalized spacial score (nSPS) is 13.4. The van der Waals surface area contributed by atoms with E-state index in [2.05, 4.69) is 5.32 Å². The van der Waals surface area contributed by atoms with Crippen molar-refractivity contribution in [3.05, 3.63) is 23.8 Å². The van der Waals surface area contributed by atoms with Crippen molar-refractivity contribution in [3.63, 3.8) is 0 Å². The van der Waals surface area contributed by atoms with Gasteiger partial charge in [-0.15, -0.1) is 0 Å². The first-order valence-corrected chi connectivity index (χ1v) is 7.30. The molecule has 0 bridgehead atoms. The second-order valence-electron chi connectivity index (χ2n) is 4.25. The Hall–Kier alpha value is -1.07. The standard InChI is InChI=1S/C12H19NO3S/c1-9-5-6-11(13-10(2)8-16-3)7-12(9)17(4,14)15/h5-7,10,13H,8H2,1-4H3/t10-/m0/s1. The van der Waals surface area contributed by atoms with Gasteiger partial charge in [0.05, 0.1) is 11.5 Å². The molecule has 0 radical (unpaired) electrons. The second-order valence-corrected chi connectivity index (χ2v) is 6.24. The van der Waals surface area contributed by atoms with Crippen LogP contribution in [0.3, 0.4) is 0 Å². The van der Waals surface area contributed by atoms with E-state index in [0.29, 0.717) is 11.5 Å². The molecule has 96 valence electrons. The number of aryl methyl sites for hydroxylation is 1. The van der Waals surface area contributed by atoms with E-state index >= 15 is 0 Å². The third kappa shape index (κ3) is 4.02. The van der Waals surface area contributed by atoms with Crippen molar-refractivity contribution in [2.75, 3.05) is 25.3 Å². The van der Waals surface area contributed by atoms with Gasteiger partial charge in [0, 0.05) is 25.1 Å². The molecule has 0 spiro atoms. The number of hydrogen-bond donors (Lipinski definition) is 1. The van der Waals surface area contributed by atoms with Crippen molar-refractivity contribution >= 4 is 15.5 Å². The molecule has 0 aliphatic rings. The number of nitrogens with one attached hydrogen (secondary N) is 1. The highest BCUT2D eigenvalue weighted by molar-refractivity contribution is 7.90. The number of anilines is 1. The van der Waals surface area contributed by atoms with Gasteiger partial charge in [-0.3, -0.25) is 0 Å². The van der Waals surface area contributed by atoms with Crippen LogP contribution < -0.4 is 5.32 Å². The van der Waals surface area contributed by atoms with Gasteiger partial charge in [-0.1, -0.05) is 6.07 Å². The fourth-order valence-corrected chi connectivity index (χ4v) is 2.66. The highest BCUT2D eigenvalue weighted by Gasteiger charge is 2.12. The maximum absolute atomic E-state index is 11.6. The second kappa shape index (κ2) is 5.51. The molecule has 1 N–H and O–H groups in total. The third-order valence-electron chi connectivity index (χ3n) is 2.42. The van der Waals surface area contributed by atoms with Crippen LogP contribution in [0.5, 0.6) is 0 Å². The molecular weight excluding hydrogens is 238 g/mol. The molecule has 1 aromatic carbocycles. The van der Waals surface area contributed by atoms with Gasteiger partial charge in [-0.25, -0.2) is 8.42 Å². The molecule has 0 fully saturated rings. The van der Waals surface area contributed by atoms with Gasteiger partial charge < -0.3 is 10.1 Å². The van der Waals surface area contributed by atoms with Crippen LogP contribution in [-0.4, -0.2) is 34.4 Å². The molecule has 0 saturated carbocycles. The Balaban J connectivity index is 2.97. The minimum Gasteiger partial charge on any atom is -0.383 e. The summed E-state index contributed by atoms with van der Waals surface area (Å²) in [4.78, 5) is 0.368. The van der Waals surface area contributed by atoms with Crippen LogP contribution in [0, 0.1) is 6.92 Å². The molecule has 0 aromatic heterocycles. The van der Waals surface area contributed by atoms with Crippen molar-refractivity contribution in [2.45, 2.75) is 24.8 Å². The summed E-state index contributed by atoms with van der Waals surface area (Å²) in [6, 6.07) is 5.47. The number of hydrogen-bond acceptors (Lipinski definition) is 4. The molecule has 1 rings (SSSR count). The molecule has 0 heterocycles. The van der Waals surface area contributed by atoms with Crippen molar-refractivity contribution < 1.29 is 13.2 Å². The fourth-order valence-electron chi connectivity index (χ4n) is 1.67. The highest BCUT2D eigenvalue weighted by Crippen LogP contribution is 2.20. The highest BCUT2D eigenvalue weighted by atomic mass is 32.2. The Morgan fingerprint density at radius 3 is 2.59 bits per heavy atom. The molecule has 4 nitrogen and oxygen atoms in total. The Labute approximate surface area is 103 Å². The average molecular weight is 257 g/mol. The SMILES string of the molecule is COC[C@H](C)Nc1ccc(C)c(S(C)(=O)=O)c1. The van der Waals surface area contributed by atoms with Crippen molar-refractivity contribution in [3.8, 4) is 0 Å². The van der Waals surface area contributed by atoms with Crippen molar-refractivity contribution in [1.29, 1.82) is 0 Å². The molecule has 17 heavy (non-hydrogen) atoms. The minimum atomic E-state index is -3.18. The van der Waals surface area contributed by atoms with Crippen LogP contribution in [0.4, 0.5) is 5.69 Å². The Morgan fingerprint density at radius 2 is 2.06 bits per heavy atom. The predicted octanol–water partition coefficient (Wildman–Crippen LogP) is 1.85. The zero-order valence-corrected chi connectivity index (χ0v) is 11.5. The fraction of sp³-hybridized carbons (Fsp3) is 0.500. The maximum atomic E-state index is 11.6. The van der Waals surface area contributed by atoms with Gasteiger partial charge >= 0.3 is 0 Å². The number of methoxy groups -OCH3 is 1. The largest absolute Gasteiger partial charge is 0.383 e. The van der Waals surface area contributed by atoms with Gasteiger partial charge in [0.2, 0.25) is 0 Å². The van der Waals surface area contributed by atoms with E-state index in [9.17, 15) is 8.42 Å². The first-order chi connectivity index (χ1) is 7.84. The molecular formula is C12H19NO3S. The average Bonchev–Trinajstić information content (AvgIpc) is 2.19. The van der Waals surface area contributed by atoms with Crippen LogP contribution in [-0.2, 0) is 14.6 Å². The van der Waals surface area contributed by atoms with Gasteiger partial charge in [0.25, 0.3) is 0 Å². The van der Waals surface area contributed by atoms with Crippen LogP contribution in [0.15, 0.2) is 23.1 Å². The lowest BCUT2D eigenvalue weighted by Gasteiger charge is -2.15. The van der Waals surface area contributed by atoms with E-state index in [1.54, 1.807) is 26.2 Å². The molecule has 0 unspecified atom stereocenters. The van der Waals surface area contributed by atoms with E-state index in [1.165, 1.54) is 6.26 Å². The summed E-state index contributed by atoms with van der Waals surface area (Å²) in [5.41, 5.74) is 1.55. The third-order valence-corrected chi connectivity index (χ3v) is 3.66. The summed E-state index contributed by atoms with van der Waals surface area (Å²) in [5, 5.41) is 3.19. The number of ether oxygens (including phenoxy) is 1. The first kappa shape index (κ1) is 14.0. The van der Waals surface area contributed by atoms with Crippen LogP contribution >= 0.6 is 0 Å². The first-order valence-electron chi connectivity index (χ1n) is 5.40. The van der Waals surface area contributed by atoms with Gasteiger partial charge in [-0.2, -0.15) is 0 Å². The van der Waals surface area contributed by atoms with Crippen LogP contribution in [0.25, 0.3) is 0 Å². The molecule has 1 aromatic rings. The monoisotopic (exact) mass is 257 g/mol. The van der Waals surface area contributed by atoms with Crippen molar-refractivity contribution in [1.82, 2.24) is 0 Å². The van der Waals surface area contributed by atoms with Gasteiger partial charge in [0.15, 0.2) is 9.84 Å². The van der Waals surface area contributed by atoms with E-state index < -0.39 is 9.84 Å². The lowest BCUT2D eigenvalue weighted by molar-refractivity contribution is 0.190.